The van der Waals surface area contributed by atoms with Crippen LogP contribution in [0.5, 0.6) is 0 Å². The molecule has 0 aliphatic heterocycles. The minimum atomic E-state index is -0.116. The zero-order valence-corrected chi connectivity index (χ0v) is 15.6. The van der Waals surface area contributed by atoms with Gasteiger partial charge in [0.2, 0.25) is 11.8 Å². The zero-order valence-electron chi connectivity index (χ0n) is 14.8. The Morgan fingerprint density at radius 3 is 2.50 bits per heavy atom. The van der Waals surface area contributed by atoms with E-state index in [9.17, 15) is 9.59 Å². The number of rotatable bonds is 6. The summed E-state index contributed by atoms with van der Waals surface area (Å²) in [5.74, 6) is 0.231. The maximum absolute atomic E-state index is 12.2. The maximum Gasteiger partial charge on any atom is 0.234 e. The number of nitrogens with zero attached hydrogens (tertiary/aromatic N) is 1. The van der Waals surface area contributed by atoms with Crippen molar-refractivity contribution in [3.63, 3.8) is 0 Å². The molecule has 2 N–H and O–H groups in total. The lowest BCUT2D eigenvalue weighted by Gasteiger charge is -2.08. The van der Waals surface area contributed by atoms with Crippen molar-refractivity contribution in [2.24, 2.45) is 7.05 Å². The molecule has 0 aliphatic rings. The van der Waals surface area contributed by atoms with Crippen LogP contribution in [0.4, 0.5) is 11.4 Å². The van der Waals surface area contributed by atoms with E-state index >= 15 is 0 Å². The second kappa shape index (κ2) is 8.10. The third-order valence-electron chi connectivity index (χ3n) is 3.97. The van der Waals surface area contributed by atoms with Gasteiger partial charge in [-0.15, -0.1) is 11.8 Å². The fourth-order valence-corrected chi connectivity index (χ4v) is 3.37. The van der Waals surface area contributed by atoms with E-state index in [2.05, 4.69) is 10.6 Å². The van der Waals surface area contributed by atoms with Crippen LogP contribution in [-0.2, 0) is 16.6 Å². The van der Waals surface area contributed by atoms with Crippen LogP contribution < -0.4 is 10.6 Å². The second-order valence-electron chi connectivity index (χ2n) is 6.12. The van der Waals surface area contributed by atoms with Crippen LogP contribution in [0.2, 0.25) is 0 Å². The van der Waals surface area contributed by atoms with Gasteiger partial charge in [-0.1, -0.05) is 18.2 Å². The monoisotopic (exact) mass is 367 g/mol. The summed E-state index contributed by atoms with van der Waals surface area (Å²) in [6.07, 6.45) is 1.96. The number of benzene rings is 2. The van der Waals surface area contributed by atoms with Gasteiger partial charge in [-0.3, -0.25) is 9.59 Å². The highest BCUT2D eigenvalue weighted by atomic mass is 32.2. The fraction of sp³-hybridized carbons (Fsp3) is 0.200. The molecule has 1 aromatic heterocycles. The molecule has 3 aromatic rings. The molecule has 0 saturated heterocycles. The Morgan fingerprint density at radius 2 is 1.73 bits per heavy atom. The van der Waals surface area contributed by atoms with Gasteiger partial charge in [-0.2, -0.15) is 0 Å². The zero-order chi connectivity index (χ0) is 18.5. The minimum Gasteiger partial charge on any atom is -0.350 e. The Morgan fingerprint density at radius 1 is 1.00 bits per heavy atom. The Bertz CT molecular complexity index is 949. The number of aryl methyl sites for hydroxylation is 2. The molecule has 3 rings (SSSR count). The number of nitrogens with one attached hydrogen (secondary N) is 2. The number of hydrogen-bond donors (Lipinski definition) is 2. The molecule has 6 heteroatoms. The summed E-state index contributed by atoms with van der Waals surface area (Å²) in [6, 6.07) is 15.4. The highest BCUT2D eigenvalue weighted by molar-refractivity contribution is 8.00. The van der Waals surface area contributed by atoms with Crippen LogP contribution >= 0.6 is 11.8 Å². The van der Waals surface area contributed by atoms with Gasteiger partial charge in [-0.25, -0.2) is 0 Å². The van der Waals surface area contributed by atoms with E-state index < -0.39 is 0 Å². The van der Waals surface area contributed by atoms with Crippen molar-refractivity contribution in [2.45, 2.75) is 6.92 Å². The highest BCUT2D eigenvalue weighted by Crippen LogP contribution is 2.24. The molecule has 0 radical (unpaired) electrons. The second-order valence-corrected chi connectivity index (χ2v) is 7.11. The standard InChI is InChI=1S/C20H21N3O2S/c1-14-5-3-6-15(11-14)21-19(24)12-26-13-20(25)22-17-7-4-8-18-16(17)9-10-23(18)2/h3-11H,12-13H2,1-2H3,(H,21,24)(H,22,25). The van der Waals surface area contributed by atoms with E-state index in [1.807, 2.05) is 73.3 Å². The molecule has 0 spiro atoms. The molecule has 0 saturated carbocycles. The number of carbonyl (C=O) groups excluding carboxylic acids is 2. The Balaban J connectivity index is 1.49. The molecule has 0 aliphatic carbocycles. The summed E-state index contributed by atoms with van der Waals surface area (Å²) < 4.78 is 2.01. The van der Waals surface area contributed by atoms with E-state index in [1.165, 1.54) is 11.8 Å². The molecule has 2 amide bonds. The first-order chi connectivity index (χ1) is 12.5. The molecular weight excluding hydrogens is 346 g/mol. The molecule has 0 fully saturated rings. The van der Waals surface area contributed by atoms with Crippen LogP contribution in [0.3, 0.4) is 0 Å². The first-order valence-electron chi connectivity index (χ1n) is 8.31. The van der Waals surface area contributed by atoms with E-state index in [0.29, 0.717) is 0 Å². The lowest BCUT2D eigenvalue weighted by Crippen LogP contribution is -2.18. The summed E-state index contributed by atoms with van der Waals surface area (Å²) in [4.78, 5) is 24.2. The smallest absolute Gasteiger partial charge is 0.234 e. The number of thioether (sulfide) groups is 1. The van der Waals surface area contributed by atoms with Crippen LogP contribution in [0.1, 0.15) is 5.56 Å². The van der Waals surface area contributed by atoms with E-state index in [4.69, 9.17) is 0 Å². The molecule has 1 heterocycles. The number of carbonyl (C=O) groups is 2. The molecule has 134 valence electrons. The van der Waals surface area contributed by atoms with Gasteiger partial charge in [0.05, 0.1) is 17.2 Å². The predicted octanol–water partition coefficient (Wildman–Crippen LogP) is 3.80. The van der Waals surface area contributed by atoms with E-state index in [0.717, 1.165) is 27.8 Å². The fourth-order valence-electron chi connectivity index (χ4n) is 2.75. The van der Waals surface area contributed by atoms with Crippen molar-refractivity contribution in [3.05, 3.63) is 60.3 Å². The number of anilines is 2. The van der Waals surface area contributed by atoms with Crippen molar-refractivity contribution in [2.75, 3.05) is 22.1 Å². The summed E-state index contributed by atoms with van der Waals surface area (Å²) in [5, 5.41) is 6.77. The van der Waals surface area contributed by atoms with E-state index in [1.54, 1.807) is 0 Å². The first kappa shape index (κ1) is 18.1. The number of fused-ring (bicyclic) bond motifs is 1. The van der Waals surface area contributed by atoms with Crippen molar-refractivity contribution in [3.8, 4) is 0 Å². The first-order valence-corrected chi connectivity index (χ1v) is 9.46. The molecule has 26 heavy (non-hydrogen) atoms. The van der Waals surface area contributed by atoms with Gasteiger partial charge in [0.15, 0.2) is 0 Å². The SMILES string of the molecule is Cc1cccc(NC(=O)CSCC(=O)Nc2cccc3c2ccn3C)c1. The van der Waals surface area contributed by atoms with Crippen molar-refractivity contribution < 1.29 is 9.59 Å². The number of amides is 2. The van der Waals surface area contributed by atoms with Crippen LogP contribution in [0.25, 0.3) is 10.9 Å². The highest BCUT2D eigenvalue weighted by Gasteiger charge is 2.09. The van der Waals surface area contributed by atoms with Gasteiger partial charge in [-0.05, 0) is 42.8 Å². The lowest BCUT2D eigenvalue weighted by molar-refractivity contribution is -0.114. The van der Waals surface area contributed by atoms with Gasteiger partial charge >= 0.3 is 0 Å². The normalized spacial score (nSPS) is 10.7. The van der Waals surface area contributed by atoms with Gasteiger partial charge in [0.25, 0.3) is 0 Å². The van der Waals surface area contributed by atoms with Crippen molar-refractivity contribution in [1.82, 2.24) is 4.57 Å². The Hall–Kier alpha value is -2.73. The molecule has 5 nitrogen and oxygen atoms in total. The molecule has 0 unspecified atom stereocenters. The molecule has 0 bridgehead atoms. The van der Waals surface area contributed by atoms with Gasteiger partial charge in [0.1, 0.15) is 0 Å². The number of aromatic nitrogens is 1. The van der Waals surface area contributed by atoms with Crippen molar-refractivity contribution >= 4 is 45.9 Å². The summed E-state index contributed by atoms with van der Waals surface area (Å²) in [5.41, 5.74) is 3.71. The van der Waals surface area contributed by atoms with E-state index in [-0.39, 0.29) is 23.3 Å². The largest absolute Gasteiger partial charge is 0.350 e. The minimum absolute atomic E-state index is 0.112. The van der Waals surface area contributed by atoms with Crippen LogP contribution in [0.15, 0.2) is 54.7 Å². The van der Waals surface area contributed by atoms with Crippen LogP contribution in [-0.4, -0.2) is 27.9 Å². The molecule has 2 aromatic carbocycles. The Kier molecular flexibility index (Phi) is 5.63. The average Bonchev–Trinajstić information content (AvgIpc) is 2.97. The third-order valence-corrected chi connectivity index (χ3v) is 4.90. The lowest BCUT2D eigenvalue weighted by atomic mass is 10.2. The van der Waals surface area contributed by atoms with Crippen LogP contribution in [0, 0.1) is 6.92 Å². The van der Waals surface area contributed by atoms with Gasteiger partial charge < -0.3 is 15.2 Å². The Labute approximate surface area is 156 Å². The van der Waals surface area contributed by atoms with Gasteiger partial charge in [0, 0.05) is 29.8 Å². The summed E-state index contributed by atoms with van der Waals surface area (Å²) in [7, 11) is 1.97. The van der Waals surface area contributed by atoms with Crippen molar-refractivity contribution in [1.29, 1.82) is 0 Å². The topological polar surface area (TPSA) is 63.1 Å². The molecule has 0 atom stereocenters. The average molecular weight is 367 g/mol. The predicted molar refractivity (Wildman–Crippen MR) is 109 cm³/mol. The quantitative estimate of drug-likeness (QED) is 0.697. The molecular formula is C20H21N3O2S. The number of hydrogen-bond acceptors (Lipinski definition) is 3. The summed E-state index contributed by atoms with van der Waals surface area (Å²) >= 11 is 1.29. The summed E-state index contributed by atoms with van der Waals surface area (Å²) in [6.45, 7) is 1.97. The maximum atomic E-state index is 12.2. The third kappa shape index (κ3) is 4.46.